The van der Waals surface area contributed by atoms with Gasteiger partial charge in [-0.3, -0.25) is 5.32 Å². The first kappa shape index (κ1) is 22.4. The molecule has 11 nitrogen and oxygen atoms in total. The summed E-state index contributed by atoms with van der Waals surface area (Å²) in [5.41, 5.74) is 0.942. The number of primary sulfonamides is 1. The summed E-state index contributed by atoms with van der Waals surface area (Å²) in [6.07, 6.45) is 3.04. The summed E-state index contributed by atoms with van der Waals surface area (Å²) in [6.45, 7) is 5.41. The van der Waals surface area contributed by atoms with Gasteiger partial charge in [-0.25, -0.2) is 18.7 Å². The molecule has 0 amide bonds. The van der Waals surface area contributed by atoms with Crippen molar-refractivity contribution in [2.75, 3.05) is 37.0 Å². The lowest BCUT2D eigenvalue weighted by atomic mass is 9.98. The summed E-state index contributed by atoms with van der Waals surface area (Å²) >= 11 is -1.63. The van der Waals surface area contributed by atoms with Gasteiger partial charge < -0.3 is 14.8 Å². The smallest absolute Gasteiger partial charge is 0.243 e. The highest BCUT2D eigenvalue weighted by Crippen LogP contribution is 2.39. The lowest BCUT2D eigenvalue weighted by molar-refractivity contribution is 0.447. The van der Waals surface area contributed by atoms with Gasteiger partial charge in [-0.2, -0.15) is 0 Å². The third-order valence-electron chi connectivity index (χ3n) is 5.77. The van der Waals surface area contributed by atoms with Gasteiger partial charge in [0.2, 0.25) is 10.0 Å². The van der Waals surface area contributed by atoms with Crippen LogP contribution in [-0.2, 0) is 21.2 Å². The molecular weight excluding hydrogens is 440 g/mol. The van der Waals surface area contributed by atoms with Crippen LogP contribution in [0.15, 0.2) is 21.9 Å². The number of anilines is 1. The summed E-state index contributed by atoms with van der Waals surface area (Å²) < 4.78 is 38.7. The summed E-state index contributed by atoms with van der Waals surface area (Å²) in [4.78, 5) is 2.09. The van der Waals surface area contributed by atoms with Gasteiger partial charge in [-0.05, 0) is 54.3 Å². The number of hydrogen-bond acceptors (Lipinski definition) is 9. The zero-order chi connectivity index (χ0) is 22.0. The Morgan fingerprint density at radius 2 is 2.23 bits per heavy atom. The van der Waals surface area contributed by atoms with Crippen molar-refractivity contribution in [2.24, 2.45) is 11.1 Å². The normalized spacial score (nSPS) is 23.3. The van der Waals surface area contributed by atoms with Gasteiger partial charge >= 0.3 is 0 Å². The molecule has 2 saturated heterocycles. The molecule has 3 heterocycles. The van der Waals surface area contributed by atoms with Gasteiger partial charge in [-0.1, -0.05) is 6.92 Å². The molecule has 0 bridgehead atoms. The van der Waals surface area contributed by atoms with Crippen LogP contribution in [-0.4, -0.2) is 71.7 Å². The zero-order valence-electron chi connectivity index (χ0n) is 17.4. The van der Waals surface area contributed by atoms with Crippen molar-refractivity contribution >= 4 is 26.9 Å². The Morgan fingerprint density at radius 1 is 1.39 bits per heavy atom. The Bertz CT molecular complexity index is 995. The Kier molecular flexibility index (Phi) is 6.79. The summed E-state index contributed by atoms with van der Waals surface area (Å²) in [5, 5.41) is 26.0. The quantitative estimate of drug-likeness (QED) is 0.401. The van der Waals surface area contributed by atoms with E-state index < -0.39 is 21.2 Å². The van der Waals surface area contributed by atoms with E-state index in [-0.39, 0.29) is 33.1 Å². The van der Waals surface area contributed by atoms with Gasteiger partial charge in [0.25, 0.3) is 0 Å². The molecule has 1 unspecified atom stereocenters. The average molecular weight is 469 g/mol. The highest BCUT2D eigenvalue weighted by atomic mass is 32.2. The Balaban J connectivity index is 1.78. The van der Waals surface area contributed by atoms with Crippen LogP contribution in [0.5, 0.6) is 0 Å². The lowest BCUT2D eigenvalue weighted by Crippen LogP contribution is -2.36. The highest BCUT2D eigenvalue weighted by molar-refractivity contribution is 7.93. The summed E-state index contributed by atoms with van der Waals surface area (Å²) in [7, 11) is -4.22. The van der Waals surface area contributed by atoms with Crippen molar-refractivity contribution in [3.8, 4) is 11.4 Å². The molecule has 1 aromatic heterocycles. The molecule has 1 aromatic carbocycles. The predicted molar refractivity (Wildman–Crippen MR) is 117 cm³/mol. The SMILES string of the molecule is C[C@@H]1CCCN(c2ccc([S+]([O-])CN[C@@H]3CCNC3)c(S(N)(=O)=O)c2-c2nnn[nH]2)C1. The Labute approximate surface area is 184 Å². The predicted octanol–water partition coefficient (Wildman–Crippen LogP) is -0.233. The third kappa shape index (κ3) is 5.02. The second-order valence-electron chi connectivity index (χ2n) is 8.16. The number of aromatic nitrogens is 4. The zero-order valence-corrected chi connectivity index (χ0v) is 19.0. The van der Waals surface area contributed by atoms with Crippen molar-refractivity contribution in [3.05, 3.63) is 12.1 Å². The highest BCUT2D eigenvalue weighted by Gasteiger charge is 2.33. The van der Waals surface area contributed by atoms with Gasteiger partial charge in [0.1, 0.15) is 4.90 Å². The molecule has 0 spiro atoms. The fourth-order valence-corrected chi connectivity index (χ4v) is 6.81. The molecule has 31 heavy (non-hydrogen) atoms. The van der Waals surface area contributed by atoms with Crippen LogP contribution in [0.1, 0.15) is 26.2 Å². The maximum absolute atomic E-state index is 13.2. The largest absolute Gasteiger partial charge is 0.610 e. The maximum Gasteiger partial charge on any atom is 0.243 e. The first-order chi connectivity index (χ1) is 14.8. The van der Waals surface area contributed by atoms with E-state index >= 15 is 0 Å². The fraction of sp³-hybridized carbons (Fsp3) is 0.611. The molecule has 3 atom stereocenters. The topological polar surface area (TPSA) is 165 Å². The number of H-pyrrole nitrogens is 1. The van der Waals surface area contributed by atoms with E-state index in [2.05, 4.69) is 43.1 Å². The molecule has 2 fully saturated rings. The number of rotatable bonds is 7. The first-order valence-electron chi connectivity index (χ1n) is 10.4. The lowest BCUT2D eigenvalue weighted by Gasteiger charge is -2.34. The van der Waals surface area contributed by atoms with Crippen LogP contribution >= 0.6 is 0 Å². The number of nitrogens with one attached hydrogen (secondary N) is 3. The van der Waals surface area contributed by atoms with Crippen LogP contribution < -0.4 is 20.7 Å². The minimum Gasteiger partial charge on any atom is -0.610 e. The molecule has 0 aliphatic carbocycles. The van der Waals surface area contributed by atoms with Crippen LogP contribution in [0.2, 0.25) is 0 Å². The number of tetrazole rings is 1. The molecule has 170 valence electrons. The van der Waals surface area contributed by atoms with Crippen molar-refractivity contribution in [1.29, 1.82) is 0 Å². The number of hydrogen-bond donors (Lipinski definition) is 4. The summed E-state index contributed by atoms with van der Waals surface area (Å²) in [5.74, 6) is 0.776. The van der Waals surface area contributed by atoms with Gasteiger partial charge in [0, 0.05) is 42.5 Å². The Hall–Kier alpha value is -1.77. The van der Waals surface area contributed by atoms with Crippen LogP contribution in [0.25, 0.3) is 11.4 Å². The van der Waals surface area contributed by atoms with E-state index in [4.69, 9.17) is 5.14 Å². The van der Waals surface area contributed by atoms with E-state index in [0.29, 0.717) is 11.6 Å². The number of benzene rings is 1. The average Bonchev–Trinajstić information content (AvgIpc) is 3.44. The molecule has 0 saturated carbocycles. The first-order valence-corrected chi connectivity index (χ1v) is 13.2. The van der Waals surface area contributed by atoms with E-state index in [9.17, 15) is 13.0 Å². The molecule has 2 aromatic rings. The van der Waals surface area contributed by atoms with Crippen molar-refractivity contribution < 1.29 is 13.0 Å². The number of nitrogens with zero attached hydrogens (tertiary/aromatic N) is 4. The van der Waals surface area contributed by atoms with E-state index in [1.807, 2.05) is 0 Å². The van der Waals surface area contributed by atoms with E-state index in [1.54, 1.807) is 12.1 Å². The molecular formula is C18H28N8O3S2. The van der Waals surface area contributed by atoms with Crippen LogP contribution in [0, 0.1) is 5.92 Å². The maximum atomic E-state index is 13.2. The van der Waals surface area contributed by atoms with Gasteiger partial charge in [-0.15, -0.1) is 5.10 Å². The van der Waals surface area contributed by atoms with Gasteiger partial charge in [0.15, 0.2) is 16.6 Å². The number of nitrogens with two attached hydrogens (primary N) is 1. The molecule has 2 aliphatic heterocycles. The summed E-state index contributed by atoms with van der Waals surface area (Å²) in [6, 6.07) is 3.61. The molecule has 0 radical (unpaired) electrons. The number of sulfonamides is 1. The van der Waals surface area contributed by atoms with Crippen molar-refractivity contribution in [3.63, 3.8) is 0 Å². The van der Waals surface area contributed by atoms with Gasteiger partial charge in [0.05, 0.1) is 5.56 Å². The second-order valence-corrected chi connectivity index (χ2v) is 11.1. The van der Waals surface area contributed by atoms with Crippen molar-refractivity contribution in [1.82, 2.24) is 31.3 Å². The van der Waals surface area contributed by atoms with Crippen LogP contribution in [0.4, 0.5) is 5.69 Å². The second kappa shape index (κ2) is 9.38. The number of aromatic amines is 1. The minimum atomic E-state index is -4.22. The Morgan fingerprint density at radius 3 is 2.87 bits per heavy atom. The molecule has 13 heteroatoms. The van der Waals surface area contributed by atoms with E-state index in [0.717, 1.165) is 45.4 Å². The van der Waals surface area contributed by atoms with Crippen molar-refractivity contribution in [2.45, 2.75) is 42.0 Å². The number of piperidine rings is 1. The fourth-order valence-electron chi connectivity index (χ4n) is 4.28. The monoisotopic (exact) mass is 468 g/mol. The van der Waals surface area contributed by atoms with Crippen LogP contribution in [0.3, 0.4) is 0 Å². The third-order valence-corrected chi connectivity index (χ3v) is 8.15. The standard InChI is InChI=1S/C18H28N8O3S2/c1-12-3-2-8-26(10-12)14-4-5-15(30(27)11-21-13-6-7-20-9-13)17(31(19,28)29)16(14)18-22-24-25-23-18/h4-5,12-13,20-21H,2-3,6-11H2,1H3,(H2,19,28,29)(H,22,23,24,25)/t12-,13-,30?/m1/s1. The minimum absolute atomic E-state index is 0.128. The molecule has 4 rings (SSSR count). The molecule has 2 aliphatic rings. The van der Waals surface area contributed by atoms with E-state index in [1.165, 1.54) is 0 Å². The molecule has 5 N–H and O–H groups in total.